The Labute approximate surface area is 616 Å². The average molecular weight is 1570 g/mol. The fraction of sp³-hybridized carbons (Fsp3) is 0.176. The Hall–Kier alpha value is -15.4. The van der Waals surface area contributed by atoms with Crippen LogP contribution in [-0.4, -0.2) is 245 Å². The monoisotopic (exact) mass is 1570 g/mol. The second-order valence-electron chi connectivity index (χ2n) is 24.1. The molecule has 44 heteroatoms. The van der Waals surface area contributed by atoms with Gasteiger partial charge in [-0.25, -0.2) is 38.4 Å². The zero-order valence-electron chi connectivity index (χ0n) is 55.0. The Balaban J connectivity index is 0.971. The average Bonchev–Trinajstić information content (AvgIpc) is 1.23. The number of ether oxygens (including phenoxy) is 12. The molecule has 586 valence electrons. The van der Waals surface area contributed by atoms with Gasteiger partial charge in [0.2, 0.25) is 65.0 Å². The number of aliphatic hydroxyl groups excluding tert-OH is 2. The van der Waals surface area contributed by atoms with E-state index >= 15 is 4.79 Å². The first-order chi connectivity index (χ1) is 52.8. The lowest BCUT2D eigenvalue weighted by Gasteiger charge is -2.44. The van der Waals surface area contributed by atoms with Crippen molar-refractivity contribution in [3.8, 4) is 161 Å². The van der Waals surface area contributed by atoms with Gasteiger partial charge < -0.3 is 179 Å². The molecule has 12 rings (SSSR count). The smallest absolute Gasteiger partial charge is 0.342 e. The van der Waals surface area contributed by atoms with Crippen LogP contribution >= 0.6 is 0 Å². The molecule has 0 aliphatic carbocycles. The van der Waals surface area contributed by atoms with Crippen LogP contribution in [-0.2, 0) is 47.4 Å². The zero-order chi connectivity index (χ0) is 81.6. The lowest BCUT2D eigenvalue weighted by Crippen LogP contribution is -2.63. The van der Waals surface area contributed by atoms with E-state index in [4.69, 9.17) is 56.8 Å². The van der Waals surface area contributed by atoms with Gasteiger partial charge in [0.05, 0.1) is 40.0 Å². The first kappa shape index (κ1) is 76.2. The fourth-order valence-electron chi connectivity index (χ4n) is 11.5. The highest BCUT2D eigenvalue weighted by molar-refractivity contribution is 6.09. The van der Waals surface area contributed by atoms with E-state index in [1.54, 1.807) is 0 Å². The molecule has 8 aromatic rings. The van der Waals surface area contributed by atoms with Crippen molar-refractivity contribution in [3.05, 3.63) is 117 Å². The zero-order valence-corrected chi connectivity index (χ0v) is 55.0. The molecule has 0 amide bonds. The van der Waals surface area contributed by atoms with Crippen LogP contribution < -0.4 is 9.47 Å². The quantitative estimate of drug-likeness (QED) is 0.0501. The Kier molecular flexibility index (Phi) is 19.5. The van der Waals surface area contributed by atoms with E-state index in [-0.39, 0.29) is 12.1 Å². The molecule has 4 aliphatic rings. The molecule has 0 spiro atoms. The molecule has 44 nitrogen and oxygen atoms in total. The first-order valence-electron chi connectivity index (χ1n) is 31.1. The number of aliphatic hydroxyl groups is 2. The number of phenols is 22. The van der Waals surface area contributed by atoms with E-state index in [2.05, 4.69) is 0 Å². The summed E-state index contributed by atoms with van der Waals surface area (Å²) in [6.07, 6.45) is -25.9. The highest BCUT2D eigenvalue weighted by Crippen LogP contribution is 2.56. The third kappa shape index (κ3) is 13.5. The van der Waals surface area contributed by atoms with Crippen molar-refractivity contribution in [2.75, 3.05) is 13.2 Å². The molecule has 24 N–H and O–H groups in total. The molecule has 2 saturated heterocycles. The van der Waals surface area contributed by atoms with Crippen molar-refractivity contribution in [1.82, 2.24) is 0 Å². The highest BCUT2D eigenvalue weighted by Gasteiger charge is 2.57. The number of carbonyl (C=O) groups excluding carboxylic acids is 8. The van der Waals surface area contributed by atoms with Crippen molar-refractivity contribution in [2.24, 2.45) is 0 Å². The maximum absolute atomic E-state index is 15.4. The van der Waals surface area contributed by atoms with Gasteiger partial charge in [0.15, 0.2) is 128 Å². The summed E-state index contributed by atoms with van der Waals surface area (Å²) in [4.78, 5) is 115. The number of benzene rings is 8. The number of esters is 8. The molecule has 10 unspecified atom stereocenters. The number of aromatic hydroxyl groups is 22. The highest BCUT2D eigenvalue weighted by atomic mass is 16.8. The number of rotatable bonds is 11. The van der Waals surface area contributed by atoms with Gasteiger partial charge in [-0.3, -0.25) is 0 Å². The Morgan fingerprint density at radius 1 is 0.384 bits per heavy atom. The molecule has 8 aromatic carbocycles. The molecule has 2 fully saturated rings. The summed E-state index contributed by atoms with van der Waals surface area (Å²) in [5, 5.41) is 259. The molecular weight excluding hydrogens is 1520 g/mol. The van der Waals surface area contributed by atoms with Gasteiger partial charge in [-0.05, 0) is 60.7 Å². The molecule has 10 atom stereocenters. The van der Waals surface area contributed by atoms with Crippen molar-refractivity contribution >= 4 is 47.8 Å². The van der Waals surface area contributed by atoms with E-state index in [9.17, 15) is 156 Å². The maximum atomic E-state index is 15.4. The lowest BCUT2D eigenvalue weighted by atomic mass is 9.92. The summed E-state index contributed by atoms with van der Waals surface area (Å²) in [5.74, 6) is -51.1. The summed E-state index contributed by atoms with van der Waals surface area (Å²) in [7, 11) is 0. The van der Waals surface area contributed by atoms with Crippen molar-refractivity contribution in [2.45, 2.75) is 61.4 Å². The molecule has 4 heterocycles. The van der Waals surface area contributed by atoms with E-state index in [1.165, 1.54) is 0 Å². The van der Waals surface area contributed by atoms with E-state index in [0.29, 0.717) is 60.7 Å². The number of hydrogen-bond donors (Lipinski definition) is 24. The summed E-state index contributed by atoms with van der Waals surface area (Å²) >= 11 is 0. The summed E-state index contributed by atoms with van der Waals surface area (Å²) in [5.41, 5.74) is -11.2. The number of fused-ring (bicyclic) bond motifs is 8. The predicted molar refractivity (Wildman–Crippen MR) is 345 cm³/mol. The summed E-state index contributed by atoms with van der Waals surface area (Å²) < 4.78 is 67.3. The van der Waals surface area contributed by atoms with Crippen LogP contribution in [0.25, 0.3) is 11.1 Å². The molecule has 112 heavy (non-hydrogen) atoms. The lowest BCUT2D eigenvalue weighted by molar-refractivity contribution is -0.283. The summed E-state index contributed by atoms with van der Waals surface area (Å²) in [6.45, 7) is -2.71. The Bertz CT molecular complexity index is 5290. The molecule has 2 bridgehead atoms. The van der Waals surface area contributed by atoms with Crippen LogP contribution in [0.2, 0.25) is 0 Å². The van der Waals surface area contributed by atoms with Crippen LogP contribution in [0.1, 0.15) is 82.9 Å². The number of hydrogen-bond acceptors (Lipinski definition) is 44. The van der Waals surface area contributed by atoms with Crippen LogP contribution in [0.3, 0.4) is 0 Å². The summed E-state index contributed by atoms with van der Waals surface area (Å²) in [6, 6.07) is 5.01. The number of cyclic esters (lactones) is 1. The molecule has 0 radical (unpaired) electrons. The molecule has 0 aromatic heterocycles. The van der Waals surface area contributed by atoms with Crippen LogP contribution in [0.15, 0.2) is 72.8 Å². The van der Waals surface area contributed by atoms with Gasteiger partial charge in [-0.1, -0.05) is 0 Å². The third-order valence-corrected chi connectivity index (χ3v) is 17.1. The largest absolute Gasteiger partial charge is 0.504 e. The normalized spacial score (nSPS) is 20.6. The molecule has 4 aliphatic heterocycles. The van der Waals surface area contributed by atoms with Crippen molar-refractivity contribution < 1.29 is 218 Å². The van der Waals surface area contributed by atoms with Gasteiger partial charge in [-0.15, -0.1) is 0 Å². The second-order valence-corrected chi connectivity index (χ2v) is 24.1. The minimum absolute atomic E-state index is 0.201. The van der Waals surface area contributed by atoms with E-state index in [0.717, 1.165) is 0 Å². The van der Waals surface area contributed by atoms with Crippen molar-refractivity contribution in [3.63, 3.8) is 0 Å². The number of carbonyl (C=O) groups is 8. The van der Waals surface area contributed by atoms with Gasteiger partial charge in [-0.2, -0.15) is 0 Å². The maximum Gasteiger partial charge on any atom is 0.342 e. The molecule has 0 saturated carbocycles. The van der Waals surface area contributed by atoms with Gasteiger partial charge in [0, 0.05) is 23.3 Å². The predicted octanol–water partition coefficient (Wildman–Crippen LogP) is 2.19. The number of phenolic OH excluding ortho intramolecular Hbond substituents is 22. The first-order valence-corrected chi connectivity index (χ1v) is 31.1. The minimum Gasteiger partial charge on any atom is -0.504 e. The minimum atomic E-state index is -2.86. The SMILES string of the molecule is O=C(OC1OC(CO)C(O)C(OC(=O)c2cc(O)c(O)c(O)c2)C1OC(=O)c1cc(Oc2cc3c(c(O)c2O)Oc2cc(cc(O)c2O)C(=O)OC2OC4COC(=O)c5cc(O)c(O)c(O)c5-c5c(cc(O)c(O)c5O)C(=O)OC4C(OC(=O)c4cc(O)c(O)c(O)c4)C2OC3=O)c(O)c(O)c1O)c1cc(O)c(O)c(O)c1. The fourth-order valence-corrected chi connectivity index (χ4v) is 11.5. The Morgan fingerprint density at radius 2 is 0.830 bits per heavy atom. The Morgan fingerprint density at radius 3 is 1.36 bits per heavy atom. The van der Waals surface area contributed by atoms with Crippen molar-refractivity contribution in [1.29, 1.82) is 0 Å². The van der Waals surface area contributed by atoms with Crippen LogP contribution in [0.5, 0.6) is 149 Å². The van der Waals surface area contributed by atoms with Crippen LogP contribution in [0, 0.1) is 0 Å². The van der Waals surface area contributed by atoms with Gasteiger partial charge >= 0.3 is 47.8 Å². The van der Waals surface area contributed by atoms with E-state index < -0.39 is 328 Å². The van der Waals surface area contributed by atoms with E-state index in [1.807, 2.05) is 0 Å². The topological polar surface area (TPSA) is 733 Å². The third-order valence-electron chi connectivity index (χ3n) is 17.1. The molecular formula is C68H50O44. The standard InChI is InChI=1S/C68H50O44/c69-13-35-48(88)55(107-59(93)15-1-23(70)40(80)24(71)2-15)57(67(104-35)111-61(95)17-5-27(74)42(82)28(75)6-17)109-65(99)21-11-33(46(86)51(91)39(21)79)102-34-12-22-53(52(92)47(34)87)103-32-8-18(7-29(76)43(32)83)62(96)112-68-58(110-66(22)100)56(108-60(94)16-3-25(72)41(81)26(73)4-16)54-36(105-68)14-101-63(97)19-9-30(77)44(84)49(89)37(19)38-20(64(98)106-54)10-31(78)45(85)50(38)90/h1-12,35-36,48,54-58,67-92H,13-14H2. The van der Waals surface area contributed by atoms with Gasteiger partial charge in [0.1, 0.15) is 36.0 Å². The van der Waals surface area contributed by atoms with Crippen LogP contribution in [0.4, 0.5) is 0 Å². The van der Waals surface area contributed by atoms with Gasteiger partial charge in [0.25, 0.3) is 0 Å². The second kappa shape index (κ2) is 28.7.